The van der Waals surface area contributed by atoms with Gasteiger partial charge < -0.3 is 14.6 Å². The van der Waals surface area contributed by atoms with Gasteiger partial charge in [0, 0.05) is 26.2 Å². The highest BCUT2D eigenvalue weighted by Gasteiger charge is 2.32. The standard InChI is InChI=1S/C22H27N5O4S2/c1-15-24-20-18(27(15)16-4-12-33(29,30)14-16)13-17(19-3-2-11-32-19)25-21(20)22(28)23-5-6-26-7-9-31-10-8-26/h2-3,11,13,16H,4-10,12,14H2,1H3,(H,23,28). The van der Waals surface area contributed by atoms with E-state index in [1.54, 1.807) is 11.3 Å². The molecule has 1 N–H and O–H groups in total. The zero-order valence-electron chi connectivity index (χ0n) is 18.5. The highest BCUT2D eigenvalue weighted by molar-refractivity contribution is 7.91. The van der Waals surface area contributed by atoms with Gasteiger partial charge in [0.15, 0.2) is 15.5 Å². The molecule has 176 valence electrons. The van der Waals surface area contributed by atoms with E-state index in [0.717, 1.165) is 30.0 Å². The number of sulfone groups is 1. The summed E-state index contributed by atoms with van der Waals surface area (Å²) in [5.41, 5.74) is 2.24. The number of imidazole rings is 1. The molecule has 5 heterocycles. The van der Waals surface area contributed by atoms with Crippen molar-refractivity contribution in [1.82, 2.24) is 24.8 Å². The molecular formula is C22H27N5O4S2. The maximum atomic E-state index is 13.2. The van der Waals surface area contributed by atoms with Gasteiger partial charge in [0.05, 0.1) is 46.8 Å². The van der Waals surface area contributed by atoms with E-state index < -0.39 is 9.84 Å². The van der Waals surface area contributed by atoms with Crippen molar-refractivity contribution < 1.29 is 17.9 Å². The Labute approximate surface area is 196 Å². The predicted octanol–water partition coefficient (Wildman–Crippen LogP) is 1.89. The first-order valence-electron chi connectivity index (χ1n) is 11.1. The Bertz CT molecular complexity index is 1260. The Morgan fingerprint density at radius 3 is 2.82 bits per heavy atom. The Hall–Kier alpha value is -2.34. The average Bonchev–Trinajstić information content (AvgIpc) is 3.52. The lowest BCUT2D eigenvalue weighted by Crippen LogP contribution is -2.41. The van der Waals surface area contributed by atoms with E-state index in [4.69, 9.17) is 4.74 Å². The number of hydrogen-bond donors (Lipinski definition) is 1. The molecule has 2 aliphatic rings. The molecule has 3 aromatic heterocycles. The van der Waals surface area contributed by atoms with Gasteiger partial charge in [0.2, 0.25) is 0 Å². The Morgan fingerprint density at radius 2 is 2.12 bits per heavy atom. The third-order valence-electron chi connectivity index (χ3n) is 6.23. The topological polar surface area (TPSA) is 106 Å². The molecule has 5 rings (SSSR count). The van der Waals surface area contributed by atoms with Gasteiger partial charge in [-0.2, -0.15) is 0 Å². The molecular weight excluding hydrogens is 462 g/mol. The number of fused-ring (bicyclic) bond motifs is 1. The summed E-state index contributed by atoms with van der Waals surface area (Å²) in [5.74, 6) is 0.695. The SMILES string of the molecule is Cc1nc2c(C(=O)NCCN3CCOCC3)nc(-c3cccs3)cc2n1C1CCS(=O)(=O)C1. The predicted molar refractivity (Wildman–Crippen MR) is 127 cm³/mol. The van der Waals surface area contributed by atoms with Crippen LogP contribution in [0.25, 0.3) is 21.6 Å². The summed E-state index contributed by atoms with van der Waals surface area (Å²) < 4.78 is 31.6. The zero-order chi connectivity index (χ0) is 23.0. The van der Waals surface area contributed by atoms with E-state index in [2.05, 4.69) is 20.2 Å². The number of rotatable bonds is 6. The van der Waals surface area contributed by atoms with Crippen LogP contribution in [0.4, 0.5) is 0 Å². The van der Waals surface area contributed by atoms with Gasteiger partial charge in [-0.05, 0) is 30.9 Å². The third-order valence-corrected chi connectivity index (χ3v) is 8.88. The normalized spacial score (nSPS) is 20.9. The molecule has 0 saturated carbocycles. The van der Waals surface area contributed by atoms with E-state index in [-0.39, 0.29) is 29.1 Å². The van der Waals surface area contributed by atoms with Crippen molar-refractivity contribution in [3.05, 3.63) is 35.1 Å². The molecule has 2 saturated heterocycles. The minimum Gasteiger partial charge on any atom is -0.379 e. The van der Waals surface area contributed by atoms with E-state index >= 15 is 0 Å². The molecule has 0 bridgehead atoms. The lowest BCUT2D eigenvalue weighted by molar-refractivity contribution is 0.0383. The summed E-state index contributed by atoms with van der Waals surface area (Å²) in [5, 5.41) is 4.96. The number of carbonyl (C=O) groups is 1. The second-order valence-corrected chi connectivity index (χ2v) is 11.7. The van der Waals surface area contributed by atoms with Crippen LogP contribution in [0.2, 0.25) is 0 Å². The van der Waals surface area contributed by atoms with Gasteiger partial charge >= 0.3 is 0 Å². The number of hydrogen-bond acceptors (Lipinski definition) is 8. The first-order chi connectivity index (χ1) is 15.9. The van der Waals surface area contributed by atoms with E-state index in [1.807, 2.05) is 35.1 Å². The van der Waals surface area contributed by atoms with Crippen LogP contribution < -0.4 is 5.32 Å². The summed E-state index contributed by atoms with van der Waals surface area (Å²) in [6.45, 7) is 6.26. The highest BCUT2D eigenvalue weighted by atomic mass is 32.2. The fourth-order valence-corrected chi connectivity index (χ4v) is 6.98. The quantitative estimate of drug-likeness (QED) is 0.564. The molecule has 3 aromatic rings. The molecule has 1 unspecified atom stereocenters. The van der Waals surface area contributed by atoms with Crippen molar-refractivity contribution in [2.24, 2.45) is 0 Å². The van der Waals surface area contributed by atoms with Crippen LogP contribution in [0.15, 0.2) is 23.6 Å². The van der Waals surface area contributed by atoms with Crippen LogP contribution in [0.3, 0.4) is 0 Å². The van der Waals surface area contributed by atoms with E-state index in [0.29, 0.717) is 43.2 Å². The molecule has 33 heavy (non-hydrogen) atoms. The number of amides is 1. The Morgan fingerprint density at radius 1 is 1.30 bits per heavy atom. The summed E-state index contributed by atoms with van der Waals surface area (Å²) in [7, 11) is -3.06. The monoisotopic (exact) mass is 489 g/mol. The number of ether oxygens (including phenoxy) is 1. The third kappa shape index (κ3) is 4.68. The number of nitrogens with zero attached hydrogens (tertiary/aromatic N) is 4. The second-order valence-electron chi connectivity index (χ2n) is 8.50. The van der Waals surface area contributed by atoms with Crippen molar-refractivity contribution in [3.63, 3.8) is 0 Å². The minimum absolute atomic E-state index is 0.0943. The number of aromatic nitrogens is 3. The second kappa shape index (κ2) is 9.13. The lowest BCUT2D eigenvalue weighted by Gasteiger charge is -2.26. The first-order valence-corrected chi connectivity index (χ1v) is 13.8. The molecule has 0 aliphatic carbocycles. The molecule has 2 fully saturated rings. The highest BCUT2D eigenvalue weighted by Crippen LogP contribution is 2.33. The lowest BCUT2D eigenvalue weighted by atomic mass is 10.2. The fourth-order valence-electron chi connectivity index (χ4n) is 4.59. The van der Waals surface area contributed by atoms with Gasteiger partial charge in [0.25, 0.3) is 5.91 Å². The fraction of sp³-hybridized carbons (Fsp3) is 0.500. The Balaban J connectivity index is 1.49. The Kier molecular flexibility index (Phi) is 6.21. The van der Waals surface area contributed by atoms with Crippen LogP contribution in [0.5, 0.6) is 0 Å². The van der Waals surface area contributed by atoms with Gasteiger partial charge in [-0.3, -0.25) is 9.69 Å². The molecule has 11 heteroatoms. The van der Waals surface area contributed by atoms with Gasteiger partial charge in [0.1, 0.15) is 11.3 Å². The van der Waals surface area contributed by atoms with Crippen molar-refractivity contribution in [2.75, 3.05) is 50.9 Å². The van der Waals surface area contributed by atoms with Gasteiger partial charge in [-0.1, -0.05) is 6.07 Å². The van der Waals surface area contributed by atoms with Crippen LogP contribution in [0, 0.1) is 6.92 Å². The number of carbonyl (C=O) groups excluding carboxylic acids is 1. The number of nitrogens with one attached hydrogen (secondary N) is 1. The molecule has 0 aromatic carbocycles. The largest absolute Gasteiger partial charge is 0.379 e. The minimum atomic E-state index is -3.06. The maximum Gasteiger partial charge on any atom is 0.272 e. The average molecular weight is 490 g/mol. The molecule has 1 amide bonds. The zero-order valence-corrected chi connectivity index (χ0v) is 20.1. The van der Waals surface area contributed by atoms with Crippen LogP contribution in [0.1, 0.15) is 28.8 Å². The maximum absolute atomic E-state index is 13.2. The van der Waals surface area contributed by atoms with E-state index in [1.165, 1.54) is 0 Å². The number of thiophene rings is 1. The van der Waals surface area contributed by atoms with Crippen molar-refractivity contribution in [3.8, 4) is 10.6 Å². The van der Waals surface area contributed by atoms with Crippen LogP contribution in [-0.4, -0.2) is 84.7 Å². The van der Waals surface area contributed by atoms with Gasteiger partial charge in [-0.15, -0.1) is 11.3 Å². The number of pyridine rings is 1. The molecule has 0 spiro atoms. The summed E-state index contributed by atoms with van der Waals surface area (Å²) in [4.78, 5) is 25.8. The molecule has 9 nitrogen and oxygen atoms in total. The molecule has 1 atom stereocenters. The van der Waals surface area contributed by atoms with Crippen molar-refractivity contribution in [1.29, 1.82) is 0 Å². The first kappa shape index (κ1) is 22.5. The molecule has 2 aliphatic heterocycles. The summed E-state index contributed by atoms with van der Waals surface area (Å²) in [6.07, 6.45) is 0.548. The van der Waals surface area contributed by atoms with Gasteiger partial charge in [-0.25, -0.2) is 18.4 Å². The van der Waals surface area contributed by atoms with E-state index in [9.17, 15) is 13.2 Å². The van der Waals surface area contributed by atoms with Crippen molar-refractivity contribution in [2.45, 2.75) is 19.4 Å². The van der Waals surface area contributed by atoms with Crippen LogP contribution >= 0.6 is 11.3 Å². The van der Waals surface area contributed by atoms with Crippen LogP contribution in [-0.2, 0) is 14.6 Å². The van der Waals surface area contributed by atoms with Crippen molar-refractivity contribution >= 4 is 38.1 Å². The molecule has 0 radical (unpaired) electrons. The summed E-state index contributed by atoms with van der Waals surface area (Å²) in [6, 6.07) is 5.65. The number of morpholine rings is 1. The summed E-state index contributed by atoms with van der Waals surface area (Å²) >= 11 is 1.55. The smallest absolute Gasteiger partial charge is 0.272 e. The number of aryl methyl sites for hydroxylation is 1.